The van der Waals surface area contributed by atoms with Crippen LogP contribution in [0.1, 0.15) is 271 Å². The molecule has 0 spiro atoms. The molecule has 0 aliphatic carbocycles. The molecule has 0 aromatic rings. The summed E-state index contributed by atoms with van der Waals surface area (Å²) in [6.07, 6.45) is 56.1. The molecular weight excluding hydrogens is 719 g/mol. The van der Waals surface area contributed by atoms with Crippen LogP contribution in [0.25, 0.3) is 0 Å². The number of carbonyl (C=O) groups is 2. The Morgan fingerprint density at radius 1 is 0.466 bits per heavy atom. The minimum Gasteiger partial charge on any atom is -0.466 e. The van der Waals surface area contributed by atoms with Gasteiger partial charge in [0.25, 0.3) is 0 Å². The summed E-state index contributed by atoms with van der Waals surface area (Å²) in [6.45, 7) is 4.85. The molecular formula is C52H99NO5. The first-order chi connectivity index (χ1) is 28.5. The molecule has 3 N–H and O–H groups in total. The lowest BCUT2D eigenvalue weighted by Gasteiger charge is -2.20. The Kier molecular flexibility index (Phi) is 46.6. The zero-order valence-corrected chi connectivity index (χ0v) is 38.8. The van der Waals surface area contributed by atoms with Crippen molar-refractivity contribution in [1.29, 1.82) is 0 Å². The molecule has 0 saturated heterocycles. The summed E-state index contributed by atoms with van der Waals surface area (Å²) in [5, 5.41) is 22.9. The first kappa shape index (κ1) is 56.3. The van der Waals surface area contributed by atoms with Crippen LogP contribution in [0, 0.1) is 0 Å². The van der Waals surface area contributed by atoms with Gasteiger partial charge in [0.1, 0.15) is 0 Å². The molecule has 0 rings (SSSR count). The van der Waals surface area contributed by atoms with Gasteiger partial charge < -0.3 is 20.3 Å². The van der Waals surface area contributed by atoms with E-state index in [9.17, 15) is 19.8 Å². The van der Waals surface area contributed by atoms with Crippen molar-refractivity contribution in [3.63, 3.8) is 0 Å². The van der Waals surface area contributed by atoms with Gasteiger partial charge in [-0.25, -0.2) is 0 Å². The zero-order valence-electron chi connectivity index (χ0n) is 38.8. The normalized spacial score (nSPS) is 12.8. The van der Waals surface area contributed by atoms with E-state index in [1.165, 1.54) is 199 Å². The zero-order chi connectivity index (χ0) is 42.3. The lowest BCUT2D eigenvalue weighted by molar-refractivity contribution is -0.143. The maximum Gasteiger partial charge on any atom is 0.305 e. The van der Waals surface area contributed by atoms with Gasteiger partial charge in [-0.1, -0.05) is 224 Å². The summed E-state index contributed by atoms with van der Waals surface area (Å²) in [4.78, 5) is 24.4. The molecule has 0 heterocycles. The number of rotatable bonds is 47. The molecule has 342 valence electrons. The van der Waals surface area contributed by atoms with Gasteiger partial charge >= 0.3 is 5.97 Å². The van der Waals surface area contributed by atoms with E-state index in [1.807, 2.05) is 6.08 Å². The molecule has 0 aliphatic heterocycles. The Bertz CT molecular complexity index is 904. The van der Waals surface area contributed by atoms with Gasteiger partial charge in [-0.3, -0.25) is 9.59 Å². The molecule has 2 atom stereocenters. The van der Waals surface area contributed by atoms with Crippen molar-refractivity contribution in [2.75, 3.05) is 13.2 Å². The van der Waals surface area contributed by atoms with Crippen LogP contribution in [0.5, 0.6) is 0 Å². The monoisotopic (exact) mass is 818 g/mol. The van der Waals surface area contributed by atoms with Crippen molar-refractivity contribution in [3.05, 3.63) is 24.3 Å². The Balaban J connectivity index is 3.41. The van der Waals surface area contributed by atoms with Crippen LogP contribution in [-0.2, 0) is 14.3 Å². The van der Waals surface area contributed by atoms with Crippen molar-refractivity contribution in [1.82, 2.24) is 5.32 Å². The molecule has 0 bridgehead atoms. The molecule has 58 heavy (non-hydrogen) atoms. The Labute approximate surface area is 361 Å². The largest absolute Gasteiger partial charge is 0.466 e. The van der Waals surface area contributed by atoms with Crippen LogP contribution in [0.3, 0.4) is 0 Å². The van der Waals surface area contributed by atoms with Crippen molar-refractivity contribution in [2.45, 2.75) is 283 Å². The number of esters is 1. The first-order valence-electron chi connectivity index (χ1n) is 25.6. The van der Waals surface area contributed by atoms with E-state index in [0.29, 0.717) is 19.4 Å². The van der Waals surface area contributed by atoms with E-state index in [2.05, 4.69) is 31.3 Å². The second kappa shape index (κ2) is 48.0. The molecule has 0 saturated carbocycles. The molecule has 0 fully saturated rings. The van der Waals surface area contributed by atoms with Gasteiger partial charge in [-0.05, 0) is 57.8 Å². The lowest BCUT2D eigenvalue weighted by Crippen LogP contribution is -2.45. The fourth-order valence-electron chi connectivity index (χ4n) is 7.74. The fraction of sp³-hybridized carbons (Fsp3) is 0.885. The summed E-state index contributed by atoms with van der Waals surface area (Å²) in [7, 11) is 0. The van der Waals surface area contributed by atoms with Gasteiger partial charge in [-0.2, -0.15) is 0 Å². The third-order valence-electron chi connectivity index (χ3n) is 11.7. The Morgan fingerprint density at radius 3 is 1.22 bits per heavy atom. The third kappa shape index (κ3) is 43.9. The van der Waals surface area contributed by atoms with Gasteiger partial charge in [0.15, 0.2) is 0 Å². The maximum atomic E-state index is 12.4. The highest BCUT2D eigenvalue weighted by atomic mass is 16.5. The van der Waals surface area contributed by atoms with Gasteiger partial charge in [0.2, 0.25) is 5.91 Å². The predicted octanol–water partition coefficient (Wildman–Crippen LogP) is 15.1. The van der Waals surface area contributed by atoms with Gasteiger partial charge in [-0.15, -0.1) is 0 Å². The average molecular weight is 818 g/mol. The van der Waals surface area contributed by atoms with Crippen molar-refractivity contribution >= 4 is 11.9 Å². The van der Waals surface area contributed by atoms with Crippen LogP contribution in [0.2, 0.25) is 0 Å². The van der Waals surface area contributed by atoms with Crippen LogP contribution in [-0.4, -0.2) is 47.4 Å². The van der Waals surface area contributed by atoms with E-state index in [1.54, 1.807) is 6.08 Å². The molecule has 0 aliphatic rings. The van der Waals surface area contributed by atoms with E-state index in [4.69, 9.17) is 4.74 Å². The molecule has 1 amide bonds. The number of ether oxygens (including phenoxy) is 1. The minimum absolute atomic E-state index is 0.00587. The number of carbonyl (C=O) groups excluding carboxylic acids is 2. The van der Waals surface area contributed by atoms with E-state index in [-0.39, 0.29) is 18.5 Å². The fourth-order valence-corrected chi connectivity index (χ4v) is 7.74. The molecule has 6 heteroatoms. The molecule has 0 radical (unpaired) electrons. The van der Waals surface area contributed by atoms with Gasteiger partial charge in [0, 0.05) is 12.8 Å². The quantitative estimate of drug-likeness (QED) is 0.0323. The Morgan fingerprint density at radius 2 is 0.810 bits per heavy atom. The smallest absolute Gasteiger partial charge is 0.305 e. The molecule has 2 unspecified atom stereocenters. The molecule has 0 aromatic carbocycles. The van der Waals surface area contributed by atoms with Crippen molar-refractivity contribution in [3.8, 4) is 0 Å². The topological polar surface area (TPSA) is 95.9 Å². The standard InChI is InChI=1S/C52H99NO5/c1-3-5-7-9-11-13-14-15-16-20-23-26-30-34-38-42-46-52(57)58-47-43-39-35-31-27-24-21-18-17-19-22-25-29-33-37-41-45-51(56)53-49(48-54)50(55)44-40-36-32-28-12-10-8-6-4-2/h16,20,40,44,49-50,54-55H,3-15,17-19,21-39,41-43,45-48H2,1-2H3,(H,53,56)/b20-16-,44-40+. The second-order valence-corrected chi connectivity index (χ2v) is 17.5. The average Bonchev–Trinajstić information content (AvgIpc) is 3.22. The highest BCUT2D eigenvalue weighted by Gasteiger charge is 2.18. The van der Waals surface area contributed by atoms with Crippen molar-refractivity contribution < 1.29 is 24.5 Å². The lowest BCUT2D eigenvalue weighted by atomic mass is 10.0. The number of hydrogen-bond donors (Lipinski definition) is 3. The van der Waals surface area contributed by atoms with Crippen LogP contribution < -0.4 is 5.32 Å². The first-order valence-corrected chi connectivity index (χ1v) is 25.6. The summed E-state index contributed by atoms with van der Waals surface area (Å²) in [5.74, 6) is -0.0838. The minimum atomic E-state index is -0.846. The summed E-state index contributed by atoms with van der Waals surface area (Å²) >= 11 is 0. The Hall–Kier alpha value is -1.66. The number of aliphatic hydroxyl groups excluding tert-OH is 2. The van der Waals surface area contributed by atoms with Gasteiger partial charge in [0.05, 0.1) is 25.4 Å². The maximum absolute atomic E-state index is 12.4. The number of hydrogen-bond acceptors (Lipinski definition) is 5. The van der Waals surface area contributed by atoms with E-state index < -0.39 is 12.1 Å². The van der Waals surface area contributed by atoms with E-state index in [0.717, 1.165) is 44.9 Å². The summed E-state index contributed by atoms with van der Waals surface area (Å²) in [5.41, 5.74) is 0. The number of aliphatic hydroxyl groups is 2. The summed E-state index contributed by atoms with van der Waals surface area (Å²) < 4.78 is 5.47. The third-order valence-corrected chi connectivity index (χ3v) is 11.7. The molecule has 0 aromatic heterocycles. The van der Waals surface area contributed by atoms with Crippen LogP contribution in [0.15, 0.2) is 24.3 Å². The van der Waals surface area contributed by atoms with Crippen LogP contribution in [0.4, 0.5) is 0 Å². The predicted molar refractivity (Wildman–Crippen MR) is 250 cm³/mol. The van der Waals surface area contributed by atoms with Crippen molar-refractivity contribution in [2.24, 2.45) is 0 Å². The number of nitrogens with one attached hydrogen (secondary N) is 1. The van der Waals surface area contributed by atoms with Crippen LogP contribution >= 0.6 is 0 Å². The number of amides is 1. The van der Waals surface area contributed by atoms with E-state index >= 15 is 0 Å². The molecule has 6 nitrogen and oxygen atoms in total. The number of allylic oxidation sites excluding steroid dienone is 3. The summed E-state index contributed by atoms with van der Waals surface area (Å²) in [6, 6.07) is -0.630. The highest BCUT2D eigenvalue weighted by Crippen LogP contribution is 2.16. The SMILES string of the molecule is CCCCCCCCC/C=C\CCCCCCCC(=O)OCCCCCCCCCCCCCCCCCCC(=O)NC(CO)C(O)/C=C/CCCCCCCCC. The second-order valence-electron chi connectivity index (χ2n) is 17.5. The number of unbranched alkanes of at least 4 members (excludes halogenated alkanes) is 34. The highest BCUT2D eigenvalue weighted by molar-refractivity contribution is 5.76.